The maximum Gasteiger partial charge on any atom is 0.319 e. The number of hydrogen-bond donors (Lipinski definition) is 5. The average molecular weight is 852 g/mol. The minimum atomic E-state index is -1.62. The van der Waals surface area contributed by atoms with Crippen LogP contribution in [0.5, 0.6) is 11.5 Å². The van der Waals surface area contributed by atoms with Gasteiger partial charge in [0.25, 0.3) is 0 Å². The summed E-state index contributed by atoms with van der Waals surface area (Å²) in [6.45, 7) is 5.53. The number of benzene rings is 2. The summed E-state index contributed by atoms with van der Waals surface area (Å²) in [5.41, 5.74) is -0.499. The Morgan fingerprint density at radius 2 is 1.56 bits per heavy atom. The first kappa shape index (κ1) is 43.2. The van der Waals surface area contributed by atoms with Gasteiger partial charge in [0.1, 0.15) is 47.4 Å². The van der Waals surface area contributed by atoms with Gasteiger partial charge >= 0.3 is 6.03 Å². The van der Waals surface area contributed by atoms with Gasteiger partial charge in [-0.3, -0.25) is 28.8 Å². The fraction of sp³-hybridized carbons (Fsp3) is 0.548. The summed E-state index contributed by atoms with van der Waals surface area (Å²) in [5.74, 6) is -3.98. The van der Waals surface area contributed by atoms with Gasteiger partial charge < -0.3 is 50.5 Å². The second-order valence-corrected chi connectivity index (χ2v) is 16.8. The molecular formula is C42H51F2N7O10. The van der Waals surface area contributed by atoms with E-state index in [0.717, 1.165) is 12.1 Å². The largest absolute Gasteiger partial charge is 0.454 e. The van der Waals surface area contributed by atoms with Crippen molar-refractivity contribution in [1.29, 1.82) is 0 Å². The van der Waals surface area contributed by atoms with Crippen LogP contribution in [0.4, 0.5) is 19.3 Å². The van der Waals surface area contributed by atoms with Gasteiger partial charge in [0.05, 0.1) is 6.10 Å². The lowest BCUT2D eigenvalue weighted by Crippen LogP contribution is -2.62. The van der Waals surface area contributed by atoms with Gasteiger partial charge in [0.2, 0.25) is 36.3 Å². The van der Waals surface area contributed by atoms with E-state index in [-0.39, 0.29) is 55.2 Å². The first-order valence-corrected chi connectivity index (χ1v) is 20.7. The van der Waals surface area contributed by atoms with E-state index in [1.54, 1.807) is 17.9 Å². The average Bonchev–Trinajstić information content (AvgIpc) is 3.65. The van der Waals surface area contributed by atoms with Crippen molar-refractivity contribution in [3.8, 4) is 11.5 Å². The summed E-state index contributed by atoms with van der Waals surface area (Å²) >= 11 is 0. The van der Waals surface area contributed by atoms with Crippen LogP contribution in [0, 0.1) is 17.6 Å². The van der Waals surface area contributed by atoms with Crippen molar-refractivity contribution in [2.45, 2.75) is 114 Å². The minimum Gasteiger partial charge on any atom is -0.454 e. The molecule has 7 amide bonds. The van der Waals surface area contributed by atoms with Crippen LogP contribution in [-0.2, 0) is 35.2 Å². The number of fused-ring (bicyclic) bond motifs is 1. The van der Waals surface area contributed by atoms with Crippen LogP contribution in [-0.4, -0.2) is 129 Å². The number of ketones is 1. The Labute approximate surface area is 350 Å². The third-order valence-electron chi connectivity index (χ3n) is 12.1. The van der Waals surface area contributed by atoms with Crippen LogP contribution in [0.15, 0.2) is 36.4 Å². The number of piperidine rings is 1. The zero-order chi connectivity index (χ0) is 43.7. The van der Waals surface area contributed by atoms with Crippen molar-refractivity contribution >= 4 is 47.0 Å². The van der Waals surface area contributed by atoms with Crippen LogP contribution >= 0.6 is 0 Å². The number of rotatable bonds is 12. The maximum atomic E-state index is 14.3. The molecule has 8 atom stereocenters. The highest BCUT2D eigenvalue weighted by atomic mass is 19.1. The van der Waals surface area contributed by atoms with Gasteiger partial charge in [0, 0.05) is 50.3 Å². The summed E-state index contributed by atoms with van der Waals surface area (Å²) in [4.78, 5) is 99.5. The molecule has 7 rings (SSSR count). The molecule has 1 aliphatic carbocycles. The highest BCUT2D eigenvalue weighted by molar-refractivity contribution is 6.09. The minimum absolute atomic E-state index is 0.00406. The number of likely N-dealkylation sites (tertiary alicyclic amines) is 3. The predicted molar refractivity (Wildman–Crippen MR) is 212 cm³/mol. The van der Waals surface area contributed by atoms with E-state index < -0.39 is 89.6 Å². The number of nitrogens with one attached hydrogen (secondary N) is 4. The fourth-order valence-corrected chi connectivity index (χ4v) is 9.04. The first-order valence-electron chi connectivity index (χ1n) is 20.7. The third-order valence-corrected chi connectivity index (χ3v) is 12.1. The summed E-state index contributed by atoms with van der Waals surface area (Å²) in [7, 11) is 0. The van der Waals surface area contributed by atoms with Crippen molar-refractivity contribution in [3.05, 3.63) is 53.6 Å². The van der Waals surface area contributed by atoms with Gasteiger partial charge in [-0.15, -0.1) is 0 Å². The molecule has 4 aliphatic heterocycles. The van der Waals surface area contributed by atoms with Crippen LogP contribution in [0.1, 0.15) is 71.3 Å². The molecule has 0 radical (unpaired) electrons. The maximum absolute atomic E-state index is 14.3. The molecule has 3 saturated heterocycles. The number of carbonyl (C=O) groups is 7. The first-order chi connectivity index (χ1) is 29.0. The number of aliphatic hydroxyl groups excluding tert-OH is 1. The molecule has 5 N–H and O–H groups in total. The highest BCUT2D eigenvalue weighted by Gasteiger charge is 2.63. The number of hydrogen-bond acceptors (Lipinski definition) is 10. The monoisotopic (exact) mass is 851 g/mol. The van der Waals surface area contributed by atoms with Crippen LogP contribution in [0.3, 0.4) is 0 Å². The Kier molecular flexibility index (Phi) is 12.5. The Bertz CT molecular complexity index is 2090. The quantitative estimate of drug-likeness (QED) is 0.209. The van der Waals surface area contributed by atoms with Gasteiger partial charge in [-0.2, -0.15) is 0 Å². The summed E-state index contributed by atoms with van der Waals surface area (Å²) in [6.07, 6.45) is 1.18. The number of halogens is 2. The lowest BCUT2D eigenvalue weighted by atomic mass is 9.99. The van der Waals surface area contributed by atoms with E-state index in [1.165, 1.54) is 28.9 Å². The summed E-state index contributed by atoms with van der Waals surface area (Å²) in [5, 5.41) is 21.2. The molecule has 2 aromatic carbocycles. The standard InChI is InChI=1S/C42H51F2N7O10/c1-22-18-42(19-34(42)53)51(20-22)38(56)23(2)45-37(55)30-7-4-5-11-49(30)39(57)31-8-6-12-50(31)40(58)35(24(3)52)48-36(54)29(15-25-13-26(43)16-27(44)14-25)47-41(59)46-28-9-10-32-33(17-28)61-21-60-32/h9-10,13-14,16-17,22-24,29-31,35,52H,4-8,11-12,15,18-21H2,1-3H3,(H,45,55)(H,48,54)(H2,46,47,59)/t22-,23-,24-,29-,30-,31-,35-,42-/m0/s1. The van der Waals surface area contributed by atoms with E-state index in [1.807, 2.05) is 6.92 Å². The molecular weight excluding hydrogens is 800 g/mol. The molecule has 0 aromatic heterocycles. The van der Waals surface area contributed by atoms with Crippen molar-refractivity contribution in [2.75, 3.05) is 31.7 Å². The van der Waals surface area contributed by atoms with Crippen molar-refractivity contribution < 1.29 is 56.9 Å². The molecule has 19 heteroatoms. The number of urea groups is 1. The van der Waals surface area contributed by atoms with E-state index in [2.05, 4.69) is 21.3 Å². The van der Waals surface area contributed by atoms with Crippen molar-refractivity contribution in [3.63, 3.8) is 0 Å². The van der Waals surface area contributed by atoms with E-state index in [0.29, 0.717) is 62.6 Å². The van der Waals surface area contributed by atoms with E-state index >= 15 is 0 Å². The Hall–Kier alpha value is -5.85. The molecule has 17 nitrogen and oxygen atoms in total. The van der Waals surface area contributed by atoms with E-state index in [4.69, 9.17) is 9.47 Å². The Morgan fingerprint density at radius 1 is 0.869 bits per heavy atom. The normalized spacial score (nSPS) is 24.8. The van der Waals surface area contributed by atoms with E-state index in [9.17, 15) is 47.4 Å². The number of anilines is 1. The Morgan fingerprint density at radius 3 is 2.26 bits per heavy atom. The zero-order valence-electron chi connectivity index (χ0n) is 34.2. The molecule has 0 bridgehead atoms. The molecule has 0 unspecified atom stereocenters. The molecule has 328 valence electrons. The van der Waals surface area contributed by atoms with Gasteiger partial charge in [-0.05, 0) is 88.1 Å². The molecule has 4 heterocycles. The van der Waals surface area contributed by atoms with Crippen LogP contribution in [0.25, 0.3) is 0 Å². The highest BCUT2D eigenvalue weighted by Crippen LogP contribution is 2.48. The smallest absolute Gasteiger partial charge is 0.319 e. The predicted octanol–water partition coefficient (Wildman–Crippen LogP) is 1.75. The van der Waals surface area contributed by atoms with Crippen molar-refractivity contribution in [2.24, 2.45) is 5.92 Å². The fourth-order valence-electron chi connectivity index (χ4n) is 9.04. The number of Topliss-reactive ketones (excluding diaryl/α,β-unsaturated/α-hetero) is 1. The lowest BCUT2D eigenvalue weighted by Gasteiger charge is -2.39. The Balaban J connectivity index is 1.03. The number of carbonyl (C=O) groups excluding carboxylic acids is 7. The van der Waals surface area contributed by atoms with Crippen LogP contribution in [0.2, 0.25) is 0 Å². The van der Waals surface area contributed by atoms with Crippen molar-refractivity contribution in [1.82, 2.24) is 30.7 Å². The lowest BCUT2D eigenvalue weighted by molar-refractivity contribution is -0.152. The number of amides is 7. The second kappa shape index (κ2) is 17.6. The van der Waals surface area contributed by atoms with Gasteiger partial charge in [-0.25, -0.2) is 13.6 Å². The van der Waals surface area contributed by atoms with Gasteiger partial charge in [0.15, 0.2) is 17.3 Å². The molecule has 2 aromatic rings. The SMILES string of the molecule is C[C@@H]1CN(C(=O)[C@H](C)NC(=O)[C@@H]2CCCCN2C(=O)[C@@H]2CCCN2C(=O)[C@@H](NC(=O)[C@H](Cc2cc(F)cc(F)c2)NC(=O)Nc2ccc3c(c2)OCO3)[C@H](C)O)[C@]2(CC2=O)C1. The molecule has 1 saturated carbocycles. The topological polar surface area (TPSA) is 216 Å². The summed E-state index contributed by atoms with van der Waals surface area (Å²) in [6, 6.07) is 0.286. The van der Waals surface area contributed by atoms with Crippen LogP contribution < -0.4 is 30.7 Å². The third kappa shape index (κ3) is 9.25. The number of ether oxygens (including phenoxy) is 2. The molecule has 1 spiro atoms. The number of aliphatic hydroxyl groups is 1. The molecule has 4 fully saturated rings. The summed E-state index contributed by atoms with van der Waals surface area (Å²) < 4.78 is 39.1. The zero-order valence-corrected chi connectivity index (χ0v) is 34.2. The second-order valence-electron chi connectivity index (χ2n) is 16.8. The van der Waals surface area contributed by atoms with Gasteiger partial charge in [-0.1, -0.05) is 6.92 Å². The number of nitrogens with zero attached hydrogens (tertiary/aromatic N) is 3. The molecule has 5 aliphatic rings. The molecule has 61 heavy (non-hydrogen) atoms.